The number of benzene rings is 1. The molecule has 1 heterocycles. The second kappa shape index (κ2) is 4.16. The van der Waals surface area contributed by atoms with Crippen LogP contribution in [0, 0.1) is 5.92 Å². The normalized spacial score (nSPS) is 19.2. The molecule has 0 aliphatic carbocycles. The summed E-state index contributed by atoms with van der Waals surface area (Å²) in [6.45, 7) is 4.12. The number of ketones is 1. The molecule has 16 heavy (non-hydrogen) atoms. The number of ether oxygens (including phenoxy) is 2. The minimum absolute atomic E-state index is 0.00612. The molecule has 0 radical (unpaired) electrons. The first-order valence-corrected chi connectivity index (χ1v) is 5.49. The topological polar surface area (TPSA) is 35.5 Å². The van der Waals surface area contributed by atoms with Crippen LogP contribution in [0.5, 0.6) is 11.5 Å². The summed E-state index contributed by atoms with van der Waals surface area (Å²) in [6.07, 6.45) is 0.450. The maximum Gasteiger partial charge on any atom is 0.170 e. The molecule has 1 aliphatic heterocycles. The van der Waals surface area contributed by atoms with Gasteiger partial charge in [0.25, 0.3) is 0 Å². The minimum atomic E-state index is -0.00612. The highest BCUT2D eigenvalue weighted by atomic mass is 16.5. The maximum absolute atomic E-state index is 11.9. The minimum Gasteiger partial charge on any atom is -0.497 e. The number of hydrogen-bond donors (Lipinski definition) is 0. The van der Waals surface area contributed by atoms with Crippen LogP contribution in [-0.4, -0.2) is 19.0 Å². The first-order chi connectivity index (χ1) is 7.61. The van der Waals surface area contributed by atoms with E-state index in [4.69, 9.17) is 9.47 Å². The second-order valence-electron chi connectivity index (χ2n) is 4.39. The van der Waals surface area contributed by atoms with Crippen molar-refractivity contribution in [2.24, 2.45) is 5.92 Å². The van der Waals surface area contributed by atoms with E-state index in [0.717, 1.165) is 0 Å². The highest BCUT2D eigenvalue weighted by molar-refractivity contribution is 6.00. The van der Waals surface area contributed by atoms with E-state index in [1.807, 2.05) is 6.07 Å². The summed E-state index contributed by atoms with van der Waals surface area (Å²) in [4.78, 5) is 11.9. The van der Waals surface area contributed by atoms with Crippen molar-refractivity contribution in [1.29, 1.82) is 0 Å². The summed E-state index contributed by atoms with van der Waals surface area (Å²) < 4.78 is 10.9. The molecule has 2 rings (SSSR count). The van der Waals surface area contributed by atoms with Crippen molar-refractivity contribution < 1.29 is 14.3 Å². The van der Waals surface area contributed by atoms with E-state index in [0.29, 0.717) is 29.4 Å². The average molecular weight is 220 g/mol. The van der Waals surface area contributed by atoms with Crippen LogP contribution in [0.15, 0.2) is 18.2 Å². The summed E-state index contributed by atoms with van der Waals surface area (Å²) in [5, 5.41) is 0. The molecule has 0 spiro atoms. The van der Waals surface area contributed by atoms with E-state index in [9.17, 15) is 4.79 Å². The fraction of sp³-hybridized carbons (Fsp3) is 0.462. The molecule has 1 atom stereocenters. The highest BCUT2D eigenvalue weighted by Crippen LogP contribution is 2.32. The molecule has 3 heteroatoms. The lowest BCUT2D eigenvalue weighted by molar-refractivity contribution is 0.0771. The van der Waals surface area contributed by atoms with Crippen molar-refractivity contribution in [3.8, 4) is 11.5 Å². The standard InChI is InChI=1S/C13H16O3/c1-8(2)13-7-11(14)10-6-9(15-3)4-5-12(10)16-13/h4-6,8,13H,7H2,1-3H3. The Morgan fingerprint density at radius 2 is 2.19 bits per heavy atom. The fourth-order valence-corrected chi connectivity index (χ4v) is 1.83. The Hall–Kier alpha value is -1.51. The largest absolute Gasteiger partial charge is 0.497 e. The SMILES string of the molecule is COc1ccc2c(c1)C(=O)CC(C(C)C)O2. The Morgan fingerprint density at radius 1 is 1.44 bits per heavy atom. The maximum atomic E-state index is 11.9. The number of carbonyl (C=O) groups excluding carboxylic acids is 1. The molecule has 0 saturated heterocycles. The average Bonchev–Trinajstić information content (AvgIpc) is 2.28. The quantitative estimate of drug-likeness (QED) is 0.768. The molecule has 0 amide bonds. The summed E-state index contributed by atoms with van der Waals surface area (Å²) in [6, 6.07) is 5.36. The first kappa shape index (κ1) is 11.0. The van der Waals surface area contributed by atoms with Crippen LogP contribution in [0.1, 0.15) is 30.6 Å². The molecule has 1 aliphatic rings. The second-order valence-corrected chi connectivity index (χ2v) is 4.39. The van der Waals surface area contributed by atoms with Crippen molar-refractivity contribution >= 4 is 5.78 Å². The van der Waals surface area contributed by atoms with Gasteiger partial charge in [0.15, 0.2) is 5.78 Å². The van der Waals surface area contributed by atoms with Gasteiger partial charge >= 0.3 is 0 Å². The van der Waals surface area contributed by atoms with Gasteiger partial charge in [0, 0.05) is 6.42 Å². The van der Waals surface area contributed by atoms with Crippen molar-refractivity contribution in [3.63, 3.8) is 0 Å². The Morgan fingerprint density at radius 3 is 2.81 bits per heavy atom. The number of Topliss-reactive ketones (excluding diaryl/α,β-unsaturated/α-hetero) is 1. The third kappa shape index (κ3) is 1.90. The van der Waals surface area contributed by atoms with Crippen LogP contribution in [0.2, 0.25) is 0 Å². The van der Waals surface area contributed by atoms with Crippen LogP contribution < -0.4 is 9.47 Å². The Balaban J connectivity index is 2.34. The predicted molar refractivity (Wildman–Crippen MR) is 61.2 cm³/mol. The molecule has 3 nitrogen and oxygen atoms in total. The van der Waals surface area contributed by atoms with Gasteiger partial charge < -0.3 is 9.47 Å². The number of methoxy groups -OCH3 is 1. The monoisotopic (exact) mass is 220 g/mol. The van der Waals surface area contributed by atoms with E-state index >= 15 is 0 Å². The molecule has 1 aromatic rings. The third-order valence-electron chi connectivity index (χ3n) is 2.90. The highest BCUT2D eigenvalue weighted by Gasteiger charge is 2.28. The van der Waals surface area contributed by atoms with Crippen LogP contribution >= 0.6 is 0 Å². The molecular formula is C13H16O3. The van der Waals surface area contributed by atoms with Gasteiger partial charge in [0.2, 0.25) is 0 Å². The molecular weight excluding hydrogens is 204 g/mol. The van der Waals surface area contributed by atoms with Gasteiger partial charge in [-0.1, -0.05) is 13.8 Å². The van der Waals surface area contributed by atoms with Crippen molar-refractivity contribution in [1.82, 2.24) is 0 Å². The molecule has 0 fully saturated rings. The smallest absolute Gasteiger partial charge is 0.170 e. The number of fused-ring (bicyclic) bond motifs is 1. The van der Waals surface area contributed by atoms with Crippen LogP contribution in [-0.2, 0) is 0 Å². The molecule has 0 aromatic heterocycles. The van der Waals surface area contributed by atoms with Gasteiger partial charge in [0.1, 0.15) is 17.6 Å². The first-order valence-electron chi connectivity index (χ1n) is 5.49. The van der Waals surface area contributed by atoms with Gasteiger partial charge in [-0.3, -0.25) is 4.79 Å². The molecule has 86 valence electrons. The van der Waals surface area contributed by atoms with Crippen molar-refractivity contribution in [2.75, 3.05) is 7.11 Å². The van der Waals surface area contributed by atoms with Crippen LogP contribution in [0.4, 0.5) is 0 Å². The summed E-state index contributed by atoms with van der Waals surface area (Å²) in [7, 11) is 1.59. The number of carbonyl (C=O) groups is 1. The van der Waals surface area contributed by atoms with Crippen LogP contribution in [0.3, 0.4) is 0 Å². The van der Waals surface area contributed by atoms with Gasteiger partial charge in [0.05, 0.1) is 12.7 Å². The van der Waals surface area contributed by atoms with E-state index < -0.39 is 0 Å². The van der Waals surface area contributed by atoms with Crippen molar-refractivity contribution in [2.45, 2.75) is 26.4 Å². The predicted octanol–water partition coefficient (Wildman–Crippen LogP) is 2.69. The van der Waals surface area contributed by atoms with Gasteiger partial charge in [-0.15, -0.1) is 0 Å². The van der Waals surface area contributed by atoms with Gasteiger partial charge in [-0.2, -0.15) is 0 Å². The Labute approximate surface area is 95.4 Å². The van der Waals surface area contributed by atoms with E-state index in [1.165, 1.54) is 0 Å². The zero-order valence-electron chi connectivity index (χ0n) is 9.82. The van der Waals surface area contributed by atoms with E-state index in [1.54, 1.807) is 19.2 Å². The van der Waals surface area contributed by atoms with E-state index in [2.05, 4.69) is 13.8 Å². The molecule has 0 saturated carbocycles. The molecule has 1 unspecified atom stereocenters. The van der Waals surface area contributed by atoms with Crippen LogP contribution in [0.25, 0.3) is 0 Å². The summed E-state index contributed by atoms with van der Waals surface area (Å²) in [5.74, 6) is 1.85. The van der Waals surface area contributed by atoms with Gasteiger partial charge in [-0.25, -0.2) is 0 Å². The Kier molecular flexibility index (Phi) is 2.86. The molecule has 0 bridgehead atoms. The lowest BCUT2D eigenvalue weighted by Gasteiger charge is -2.28. The fourth-order valence-electron chi connectivity index (χ4n) is 1.83. The van der Waals surface area contributed by atoms with Crippen molar-refractivity contribution in [3.05, 3.63) is 23.8 Å². The summed E-state index contributed by atoms with van der Waals surface area (Å²) >= 11 is 0. The molecule has 0 N–H and O–H groups in total. The van der Waals surface area contributed by atoms with E-state index in [-0.39, 0.29) is 11.9 Å². The molecule has 1 aromatic carbocycles. The number of rotatable bonds is 2. The zero-order valence-corrected chi connectivity index (χ0v) is 9.82. The lowest BCUT2D eigenvalue weighted by atomic mass is 9.94. The third-order valence-corrected chi connectivity index (χ3v) is 2.90. The summed E-state index contributed by atoms with van der Waals surface area (Å²) in [5.41, 5.74) is 0.635. The lowest BCUT2D eigenvalue weighted by Crippen LogP contribution is -2.31. The zero-order chi connectivity index (χ0) is 11.7. The Bertz CT molecular complexity index is 410. The number of hydrogen-bond acceptors (Lipinski definition) is 3. The van der Waals surface area contributed by atoms with Gasteiger partial charge in [-0.05, 0) is 24.1 Å².